The summed E-state index contributed by atoms with van der Waals surface area (Å²) in [4.78, 5) is 28.3. The SMILES string of the molecule is Cc1c(CN(C[C@@H]2COC(C)(C)O2)C(=O)[C@@H]2CCCO2)c(=O)n(-c2ccccc2)n1C. The molecule has 2 aliphatic heterocycles. The number of carbonyl (C=O) groups excluding carboxylic acids is 1. The van der Waals surface area contributed by atoms with Crippen molar-refractivity contribution >= 4 is 5.91 Å². The minimum absolute atomic E-state index is 0.0975. The Bertz CT molecular complexity index is 989. The van der Waals surface area contributed by atoms with Crippen molar-refractivity contribution in [3.8, 4) is 5.69 Å². The van der Waals surface area contributed by atoms with E-state index < -0.39 is 11.9 Å². The van der Waals surface area contributed by atoms with Gasteiger partial charge in [0.2, 0.25) is 0 Å². The summed E-state index contributed by atoms with van der Waals surface area (Å²) in [6, 6.07) is 9.50. The van der Waals surface area contributed by atoms with Crippen LogP contribution >= 0.6 is 0 Å². The number of nitrogens with zero attached hydrogens (tertiary/aromatic N) is 3. The molecule has 1 amide bonds. The summed E-state index contributed by atoms with van der Waals surface area (Å²) in [6.45, 7) is 7.18. The molecule has 2 fully saturated rings. The number of para-hydroxylation sites is 1. The van der Waals surface area contributed by atoms with Gasteiger partial charge in [0.25, 0.3) is 11.5 Å². The summed E-state index contributed by atoms with van der Waals surface area (Å²) in [5.74, 6) is -0.772. The maximum atomic E-state index is 13.3. The first kappa shape index (κ1) is 21.8. The molecule has 0 spiro atoms. The maximum Gasteiger partial charge on any atom is 0.276 e. The molecule has 1 aromatic heterocycles. The zero-order valence-corrected chi connectivity index (χ0v) is 18.7. The van der Waals surface area contributed by atoms with Gasteiger partial charge in [-0.25, -0.2) is 4.68 Å². The molecular formula is C23H31N3O5. The largest absolute Gasteiger partial charge is 0.368 e. The number of rotatable bonds is 6. The molecule has 0 bridgehead atoms. The first-order chi connectivity index (χ1) is 14.8. The van der Waals surface area contributed by atoms with E-state index in [0.29, 0.717) is 31.7 Å². The van der Waals surface area contributed by atoms with Gasteiger partial charge < -0.3 is 19.1 Å². The molecule has 2 aliphatic rings. The molecule has 2 saturated heterocycles. The van der Waals surface area contributed by atoms with E-state index in [1.807, 2.05) is 62.8 Å². The molecule has 168 valence electrons. The quantitative estimate of drug-likeness (QED) is 0.703. The molecule has 4 rings (SSSR count). The summed E-state index contributed by atoms with van der Waals surface area (Å²) in [6.07, 6.45) is 0.854. The second-order valence-electron chi connectivity index (χ2n) is 8.71. The van der Waals surface area contributed by atoms with Gasteiger partial charge in [-0.05, 0) is 45.7 Å². The van der Waals surface area contributed by atoms with Crippen molar-refractivity contribution in [2.24, 2.45) is 7.05 Å². The van der Waals surface area contributed by atoms with Crippen LogP contribution in [0.25, 0.3) is 5.69 Å². The van der Waals surface area contributed by atoms with Gasteiger partial charge in [0.15, 0.2) is 5.79 Å². The lowest BCUT2D eigenvalue weighted by Crippen LogP contribution is -2.44. The lowest BCUT2D eigenvalue weighted by atomic mass is 10.1. The first-order valence-electron chi connectivity index (χ1n) is 10.8. The van der Waals surface area contributed by atoms with Crippen molar-refractivity contribution in [3.63, 3.8) is 0 Å². The van der Waals surface area contributed by atoms with Crippen molar-refractivity contribution in [1.82, 2.24) is 14.3 Å². The van der Waals surface area contributed by atoms with Gasteiger partial charge in [0.1, 0.15) is 12.2 Å². The normalized spacial score (nSPS) is 22.7. The van der Waals surface area contributed by atoms with Gasteiger partial charge >= 0.3 is 0 Å². The molecule has 2 aromatic rings. The number of amides is 1. The third-order valence-corrected chi connectivity index (χ3v) is 6.03. The Kier molecular flexibility index (Phi) is 6.05. The zero-order valence-electron chi connectivity index (χ0n) is 18.7. The third-order valence-electron chi connectivity index (χ3n) is 6.03. The fourth-order valence-electron chi connectivity index (χ4n) is 4.30. The lowest BCUT2D eigenvalue weighted by Gasteiger charge is -2.27. The van der Waals surface area contributed by atoms with Crippen LogP contribution in [-0.4, -0.2) is 57.9 Å². The van der Waals surface area contributed by atoms with Crippen LogP contribution in [0.3, 0.4) is 0 Å². The Hall–Kier alpha value is -2.42. The monoisotopic (exact) mass is 429 g/mol. The van der Waals surface area contributed by atoms with E-state index in [0.717, 1.165) is 17.8 Å². The van der Waals surface area contributed by atoms with Crippen molar-refractivity contribution in [1.29, 1.82) is 0 Å². The standard InChI is InChI=1S/C23H31N3O5/c1-16-19(21(27)26(24(16)4)17-9-6-5-7-10-17)14-25(22(28)20-11-8-12-29-20)13-18-15-30-23(2,3)31-18/h5-7,9-10,18,20H,8,11-15H2,1-4H3/t18-,20+/m1/s1. The highest BCUT2D eigenvalue weighted by molar-refractivity contribution is 5.81. The van der Waals surface area contributed by atoms with E-state index in [4.69, 9.17) is 14.2 Å². The van der Waals surface area contributed by atoms with Crippen LogP contribution < -0.4 is 5.56 Å². The van der Waals surface area contributed by atoms with Gasteiger partial charge in [-0.1, -0.05) is 18.2 Å². The Balaban J connectivity index is 1.63. The number of ether oxygens (including phenoxy) is 3. The third kappa shape index (κ3) is 4.46. The minimum Gasteiger partial charge on any atom is -0.368 e. The van der Waals surface area contributed by atoms with Crippen molar-refractivity contribution in [3.05, 3.63) is 51.9 Å². The Morgan fingerprint density at radius 1 is 1.26 bits per heavy atom. The van der Waals surface area contributed by atoms with E-state index in [1.165, 1.54) is 0 Å². The summed E-state index contributed by atoms with van der Waals surface area (Å²) in [5, 5.41) is 0. The van der Waals surface area contributed by atoms with Crippen molar-refractivity contribution in [2.75, 3.05) is 19.8 Å². The average molecular weight is 430 g/mol. The number of aromatic nitrogens is 2. The second-order valence-corrected chi connectivity index (χ2v) is 8.71. The number of benzene rings is 1. The average Bonchev–Trinajstić information content (AvgIpc) is 3.44. The number of hydrogen-bond acceptors (Lipinski definition) is 5. The molecule has 8 heteroatoms. The van der Waals surface area contributed by atoms with Crippen LogP contribution in [0.1, 0.15) is 37.9 Å². The molecular weight excluding hydrogens is 398 g/mol. The Morgan fingerprint density at radius 3 is 2.61 bits per heavy atom. The van der Waals surface area contributed by atoms with Crippen LogP contribution in [0.2, 0.25) is 0 Å². The van der Waals surface area contributed by atoms with E-state index in [-0.39, 0.29) is 24.1 Å². The van der Waals surface area contributed by atoms with E-state index >= 15 is 0 Å². The topological polar surface area (TPSA) is 74.9 Å². The molecule has 0 aliphatic carbocycles. The van der Waals surface area contributed by atoms with Crippen LogP contribution in [0.5, 0.6) is 0 Å². The molecule has 8 nitrogen and oxygen atoms in total. The summed E-state index contributed by atoms with van der Waals surface area (Å²) < 4.78 is 20.7. The zero-order chi connectivity index (χ0) is 22.2. The van der Waals surface area contributed by atoms with E-state index in [9.17, 15) is 9.59 Å². The van der Waals surface area contributed by atoms with Gasteiger partial charge in [-0.2, -0.15) is 0 Å². The van der Waals surface area contributed by atoms with Crippen LogP contribution in [-0.2, 0) is 32.6 Å². The van der Waals surface area contributed by atoms with Gasteiger partial charge in [-0.3, -0.25) is 14.3 Å². The molecule has 0 N–H and O–H groups in total. The first-order valence-corrected chi connectivity index (χ1v) is 10.8. The minimum atomic E-state index is -0.675. The second kappa shape index (κ2) is 8.61. The summed E-state index contributed by atoms with van der Waals surface area (Å²) in [7, 11) is 1.86. The van der Waals surface area contributed by atoms with Gasteiger partial charge in [-0.15, -0.1) is 0 Å². The van der Waals surface area contributed by atoms with Crippen LogP contribution in [0.4, 0.5) is 0 Å². The highest BCUT2D eigenvalue weighted by Gasteiger charge is 2.37. The molecule has 0 radical (unpaired) electrons. The summed E-state index contributed by atoms with van der Waals surface area (Å²) in [5.41, 5.74) is 2.08. The molecule has 31 heavy (non-hydrogen) atoms. The fraction of sp³-hybridized carbons (Fsp3) is 0.565. The molecule has 1 aromatic carbocycles. The molecule has 3 heterocycles. The predicted octanol–water partition coefficient (Wildman–Crippen LogP) is 2.14. The fourth-order valence-corrected chi connectivity index (χ4v) is 4.30. The van der Waals surface area contributed by atoms with Crippen molar-refractivity contribution in [2.45, 2.75) is 58.2 Å². The molecule has 0 unspecified atom stereocenters. The summed E-state index contributed by atoms with van der Waals surface area (Å²) >= 11 is 0. The molecule has 0 saturated carbocycles. The van der Waals surface area contributed by atoms with Gasteiger partial charge in [0.05, 0.1) is 24.4 Å². The molecule has 2 atom stereocenters. The Morgan fingerprint density at radius 2 is 2.00 bits per heavy atom. The Labute approximate surface area is 182 Å². The van der Waals surface area contributed by atoms with Gasteiger partial charge in [0, 0.05) is 25.9 Å². The smallest absolute Gasteiger partial charge is 0.276 e. The number of carbonyl (C=O) groups is 1. The van der Waals surface area contributed by atoms with Crippen LogP contribution in [0, 0.1) is 6.92 Å². The maximum absolute atomic E-state index is 13.3. The van der Waals surface area contributed by atoms with Crippen LogP contribution in [0.15, 0.2) is 35.1 Å². The predicted molar refractivity (Wildman–Crippen MR) is 115 cm³/mol. The van der Waals surface area contributed by atoms with E-state index in [2.05, 4.69) is 0 Å². The number of hydrogen-bond donors (Lipinski definition) is 0. The highest BCUT2D eigenvalue weighted by atomic mass is 16.7. The van der Waals surface area contributed by atoms with E-state index in [1.54, 1.807) is 9.58 Å². The lowest BCUT2D eigenvalue weighted by molar-refractivity contribution is -0.151. The highest BCUT2D eigenvalue weighted by Crippen LogP contribution is 2.25. The van der Waals surface area contributed by atoms with Crippen molar-refractivity contribution < 1.29 is 19.0 Å².